The van der Waals surface area contributed by atoms with Crippen LogP contribution < -0.4 is 0 Å². The van der Waals surface area contributed by atoms with E-state index in [4.69, 9.17) is 0 Å². The molecule has 0 aromatic heterocycles. The van der Waals surface area contributed by atoms with Crippen molar-refractivity contribution in [2.45, 2.75) is 32.9 Å². The summed E-state index contributed by atoms with van der Waals surface area (Å²) in [4.78, 5) is 4.93. The Kier molecular flexibility index (Phi) is 2.58. The van der Waals surface area contributed by atoms with Gasteiger partial charge in [0.05, 0.1) is 6.10 Å². The average molecular weight is 198 g/mol. The molecule has 3 heterocycles. The van der Waals surface area contributed by atoms with Gasteiger partial charge >= 0.3 is 0 Å². The quantitative estimate of drug-likeness (QED) is 0.660. The lowest BCUT2D eigenvalue weighted by Crippen LogP contribution is -2.65. The summed E-state index contributed by atoms with van der Waals surface area (Å²) < 4.78 is 0. The molecule has 2 bridgehead atoms. The molecule has 0 saturated carbocycles. The van der Waals surface area contributed by atoms with E-state index in [1.807, 2.05) is 0 Å². The molecular weight excluding hydrogens is 176 g/mol. The van der Waals surface area contributed by atoms with Gasteiger partial charge in [0.25, 0.3) is 0 Å². The molecule has 14 heavy (non-hydrogen) atoms. The van der Waals surface area contributed by atoms with Gasteiger partial charge in [-0.25, -0.2) is 0 Å². The number of piperazine rings is 3. The Morgan fingerprint density at radius 3 is 2.07 bits per heavy atom. The molecule has 3 rings (SSSR count). The molecule has 3 nitrogen and oxygen atoms in total. The van der Waals surface area contributed by atoms with Gasteiger partial charge in [-0.15, -0.1) is 0 Å². The molecule has 3 aliphatic rings. The molecule has 3 fully saturated rings. The SMILES string of the molecule is CC(C)(C)C(O)C1CN2CCN1CC2. The van der Waals surface area contributed by atoms with Gasteiger partial charge in [0, 0.05) is 38.8 Å². The predicted molar refractivity (Wildman–Crippen MR) is 57.3 cm³/mol. The van der Waals surface area contributed by atoms with E-state index in [9.17, 15) is 5.11 Å². The molecule has 3 saturated heterocycles. The molecular formula is C11H22N2O. The third-order valence-electron chi connectivity index (χ3n) is 3.57. The van der Waals surface area contributed by atoms with E-state index in [0.717, 1.165) is 19.6 Å². The molecule has 0 aromatic carbocycles. The summed E-state index contributed by atoms with van der Waals surface area (Å²) in [6, 6.07) is 0.359. The first kappa shape index (κ1) is 10.4. The fourth-order valence-corrected chi connectivity index (χ4v) is 2.53. The summed E-state index contributed by atoms with van der Waals surface area (Å²) in [7, 11) is 0. The Balaban J connectivity index is 2.05. The summed E-state index contributed by atoms with van der Waals surface area (Å²) in [5, 5.41) is 10.3. The minimum absolute atomic E-state index is 0.00324. The highest BCUT2D eigenvalue weighted by molar-refractivity contribution is 4.95. The Bertz CT molecular complexity index is 204. The average Bonchev–Trinajstić information content (AvgIpc) is 2.17. The number of rotatable bonds is 1. The Hall–Kier alpha value is -0.120. The summed E-state index contributed by atoms with van der Waals surface area (Å²) in [6.45, 7) is 12.1. The van der Waals surface area contributed by atoms with Gasteiger partial charge in [0.2, 0.25) is 0 Å². The van der Waals surface area contributed by atoms with Crippen LogP contribution >= 0.6 is 0 Å². The lowest BCUT2D eigenvalue weighted by Gasteiger charge is -2.51. The summed E-state index contributed by atoms with van der Waals surface area (Å²) in [5.41, 5.74) is 0.00324. The topological polar surface area (TPSA) is 26.7 Å². The molecule has 82 valence electrons. The maximum absolute atomic E-state index is 10.3. The van der Waals surface area contributed by atoms with Crippen LogP contribution in [0.4, 0.5) is 0 Å². The monoisotopic (exact) mass is 198 g/mol. The first-order valence-corrected chi connectivity index (χ1v) is 5.63. The highest BCUT2D eigenvalue weighted by Crippen LogP contribution is 2.28. The largest absolute Gasteiger partial charge is 0.391 e. The van der Waals surface area contributed by atoms with E-state index in [1.54, 1.807) is 0 Å². The van der Waals surface area contributed by atoms with E-state index in [1.165, 1.54) is 13.1 Å². The number of aliphatic hydroxyl groups is 1. The van der Waals surface area contributed by atoms with Gasteiger partial charge in [0.15, 0.2) is 0 Å². The van der Waals surface area contributed by atoms with Crippen LogP contribution in [0.15, 0.2) is 0 Å². The Morgan fingerprint density at radius 1 is 1.14 bits per heavy atom. The molecule has 0 aromatic rings. The highest BCUT2D eigenvalue weighted by atomic mass is 16.3. The standard InChI is InChI=1S/C11H22N2O/c1-11(2,3)10(14)9-8-12-4-6-13(9)7-5-12/h9-10,14H,4-8H2,1-3H3. The van der Waals surface area contributed by atoms with Crippen molar-refractivity contribution in [3.05, 3.63) is 0 Å². The van der Waals surface area contributed by atoms with E-state index < -0.39 is 0 Å². The minimum Gasteiger partial charge on any atom is -0.391 e. The number of fused-ring (bicyclic) bond motifs is 3. The van der Waals surface area contributed by atoms with Crippen molar-refractivity contribution in [2.75, 3.05) is 32.7 Å². The normalized spacial score (nSPS) is 39.9. The minimum atomic E-state index is -0.203. The fraction of sp³-hybridized carbons (Fsp3) is 1.00. The lowest BCUT2D eigenvalue weighted by atomic mass is 9.82. The number of nitrogens with zero attached hydrogens (tertiary/aromatic N) is 2. The highest BCUT2D eigenvalue weighted by Gasteiger charge is 2.40. The lowest BCUT2D eigenvalue weighted by molar-refractivity contribution is -0.0809. The van der Waals surface area contributed by atoms with Crippen LogP contribution in [-0.4, -0.2) is 59.8 Å². The molecule has 1 N–H and O–H groups in total. The summed E-state index contributed by atoms with van der Waals surface area (Å²) >= 11 is 0. The zero-order valence-electron chi connectivity index (χ0n) is 9.53. The number of hydrogen-bond acceptors (Lipinski definition) is 3. The first-order chi connectivity index (χ1) is 6.48. The van der Waals surface area contributed by atoms with Crippen molar-refractivity contribution in [3.8, 4) is 0 Å². The summed E-state index contributed by atoms with van der Waals surface area (Å²) in [6.07, 6.45) is -0.203. The second-order valence-electron chi connectivity index (χ2n) is 5.71. The second kappa shape index (κ2) is 3.47. The third kappa shape index (κ3) is 1.81. The predicted octanol–water partition coefficient (Wildman–Crippen LogP) is 0.393. The molecule has 0 radical (unpaired) electrons. The van der Waals surface area contributed by atoms with Crippen molar-refractivity contribution < 1.29 is 5.11 Å². The Labute approximate surface area is 86.7 Å². The molecule has 0 aliphatic carbocycles. The number of hydrogen-bond donors (Lipinski definition) is 1. The van der Waals surface area contributed by atoms with Crippen LogP contribution in [0.1, 0.15) is 20.8 Å². The van der Waals surface area contributed by atoms with Crippen LogP contribution in [0, 0.1) is 5.41 Å². The fourth-order valence-electron chi connectivity index (χ4n) is 2.53. The zero-order chi connectivity index (χ0) is 10.3. The molecule has 3 heteroatoms. The van der Waals surface area contributed by atoms with Crippen molar-refractivity contribution in [3.63, 3.8) is 0 Å². The van der Waals surface area contributed by atoms with Crippen molar-refractivity contribution in [2.24, 2.45) is 5.41 Å². The molecule has 2 atom stereocenters. The maximum Gasteiger partial charge on any atom is 0.0756 e. The first-order valence-electron chi connectivity index (χ1n) is 5.63. The van der Waals surface area contributed by atoms with Crippen LogP contribution in [0.2, 0.25) is 0 Å². The van der Waals surface area contributed by atoms with E-state index >= 15 is 0 Å². The van der Waals surface area contributed by atoms with Gasteiger partial charge in [-0.05, 0) is 5.41 Å². The van der Waals surface area contributed by atoms with Crippen molar-refractivity contribution in [1.82, 2.24) is 9.80 Å². The third-order valence-corrected chi connectivity index (χ3v) is 3.57. The van der Waals surface area contributed by atoms with Gasteiger partial charge in [-0.2, -0.15) is 0 Å². The van der Waals surface area contributed by atoms with Gasteiger partial charge in [-0.1, -0.05) is 20.8 Å². The van der Waals surface area contributed by atoms with Gasteiger partial charge in [-0.3, -0.25) is 9.80 Å². The van der Waals surface area contributed by atoms with Crippen LogP contribution in [0.3, 0.4) is 0 Å². The van der Waals surface area contributed by atoms with E-state index in [-0.39, 0.29) is 11.5 Å². The van der Waals surface area contributed by atoms with Crippen molar-refractivity contribution in [1.29, 1.82) is 0 Å². The van der Waals surface area contributed by atoms with Crippen LogP contribution in [0.5, 0.6) is 0 Å². The van der Waals surface area contributed by atoms with Crippen LogP contribution in [-0.2, 0) is 0 Å². The van der Waals surface area contributed by atoms with E-state index in [0.29, 0.717) is 6.04 Å². The Morgan fingerprint density at radius 2 is 1.71 bits per heavy atom. The molecule has 2 unspecified atom stereocenters. The zero-order valence-corrected chi connectivity index (χ0v) is 9.53. The summed E-state index contributed by atoms with van der Waals surface area (Å²) in [5.74, 6) is 0. The van der Waals surface area contributed by atoms with Crippen molar-refractivity contribution >= 4 is 0 Å². The second-order valence-corrected chi connectivity index (χ2v) is 5.71. The maximum atomic E-state index is 10.3. The smallest absolute Gasteiger partial charge is 0.0756 e. The van der Waals surface area contributed by atoms with Crippen LogP contribution in [0.25, 0.3) is 0 Å². The number of aliphatic hydroxyl groups excluding tert-OH is 1. The van der Waals surface area contributed by atoms with Gasteiger partial charge < -0.3 is 5.11 Å². The molecule has 0 spiro atoms. The molecule has 3 aliphatic heterocycles. The molecule has 0 amide bonds. The van der Waals surface area contributed by atoms with E-state index in [2.05, 4.69) is 30.6 Å². The van der Waals surface area contributed by atoms with Gasteiger partial charge in [0.1, 0.15) is 0 Å².